The first kappa shape index (κ1) is 14.6. The molecule has 0 saturated heterocycles. The van der Waals surface area contributed by atoms with Crippen LogP contribution in [-0.2, 0) is 11.8 Å². The Hall–Kier alpha value is -2.83. The average Bonchev–Trinajstić information content (AvgIpc) is 2.48. The molecule has 0 amide bonds. The molecule has 0 aliphatic carbocycles. The number of nitrogens with zero attached hydrogens (tertiary/aromatic N) is 2. The van der Waals surface area contributed by atoms with E-state index in [1.807, 2.05) is 0 Å². The molecule has 6 nitrogen and oxygen atoms in total. The molecule has 1 aromatic carbocycles. The molecule has 0 aliphatic rings. The van der Waals surface area contributed by atoms with Gasteiger partial charge in [0.25, 0.3) is 5.56 Å². The number of carbonyl (C=O) groups excluding carboxylic acids is 2. The monoisotopic (exact) mass is 290 g/mol. The van der Waals surface area contributed by atoms with Crippen LogP contribution in [0.15, 0.2) is 41.2 Å². The number of benzene rings is 1. The summed E-state index contributed by atoms with van der Waals surface area (Å²) in [7, 11) is 1.39. The van der Waals surface area contributed by atoms with Crippen LogP contribution >= 0.6 is 0 Å². The summed E-state index contributed by atoms with van der Waals surface area (Å²) >= 11 is 0. The van der Waals surface area contributed by atoms with Crippen molar-refractivity contribution in [3.8, 4) is 0 Å². The number of Topliss-reactive ketones (excluding diaryl/α,β-unsaturated/α-hetero) is 1. The van der Waals surface area contributed by atoms with Crippen LogP contribution in [0.4, 0.5) is 4.39 Å². The van der Waals surface area contributed by atoms with Crippen LogP contribution in [-0.4, -0.2) is 28.1 Å². The predicted molar refractivity (Wildman–Crippen MR) is 70.5 cm³/mol. The molecule has 0 atom stereocenters. The topological polar surface area (TPSA) is 78.3 Å². The Labute approximate surface area is 118 Å². The van der Waals surface area contributed by atoms with E-state index in [2.05, 4.69) is 5.10 Å². The quantitative estimate of drug-likeness (QED) is 0.619. The maximum absolute atomic E-state index is 12.7. The molecule has 7 heteroatoms. The third kappa shape index (κ3) is 3.59. The van der Waals surface area contributed by atoms with Crippen molar-refractivity contribution in [1.29, 1.82) is 0 Å². The molecule has 0 bridgehead atoms. The van der Waals surface area contributed by atoms with Crippen LogP contribution < -0.4 is 5.56 Å². The Morgan fingerprint density at radius 1 is 1.19 bits per heavy atom. The SMILES string of the molecule is Cn1nc(C(=O)OCC(=O)c2ccc(F)cc2)ccc1=O. The molecule has 0 saturated carbocycles. The second-order valence-corrected chi connectivity index (χ2v) is 4.19. The lowest BCUT2D eigenvalue weighted by atomic mass is 10.1. The van der Waals surface area contributed by atoms with E-state index in [4.69, 9.17) is 4.74 Å². The zero-order chi connectivity index (χ0) is 15.4. The summed E-state index contributed by atoms with van der Waals surface area (Å²) in [6, 6.07) is 7.28. The van der Waals surface area contributed by atoms with Gasteiger partial charge in [-0.1, -0.05) is 0 Å². The van der Waals surface area contributed by atoms with Gasteiger partial charge in [0.15, 0.2) is 18.1 Å². The Morgan fingerprint density at radius 3 is 2.48 bits per heavy atom. The first-order valence-corrected chi connectivity index (χ1v) is 5.97. The molecule has 21 heavy (non-hydrogen) atoms. The number of aromatic nitrogens is 2. The van der Waals surface area contributed by atoms with E-state index in [9.17, 15) is 18.8 Å². The van der Waals surface area contributed by atoms with E-state index < -0.39 is 24.2 Å². The highest BCUT2D eigenvalue weighted by atomic mass is 19.1. The number of aryl methyl sites for hydroxylation is 1. The highest BCUT2D eigenvalue weighted by Crippen LogP contribution is 2.04. The first-order valence-electron chi connectivity index (χ1n) is 5.97. The Kier molecular flexibility index (Phi) is 4.22. The number of esters is 1. The number of rotatable bonds is 4. The van der Waals surface area contributed by atoms with Crippen LogP contribution in [0.2, 0.25) is 0 Å². The summed E-state index contributed by atoms with van der Waals surface area (Å²) in [4.78, 5) is 34.6. The molecule has 0 spiro atoms. The van der Waals surface area contributed by atoms with E-state index in [1.165, 1.54) is 31.3 Å². The Bertz CT molecular complexity index is 737. The number of hydrogen-bond acceptors (Lipinski definition) is 5. The zero-order valence-electron chi connectivity index (χ0n) is 11.1. The minimum atomic E-state index is -0.818. The molecule has 2 aromatic rings. The van der Waals surface area contributed by atoms with Gasteiger partial charge in [0.2, 0.25) is 0 Å². The Balaban J connectivity index is 2.00. The van der Waals surface area contributed by atoms with Crippen LogP contribution in [0.5, 0.6) is 0 Å². The van der Waals surface area contributed by atoms with Gasteiger partial charge in [0.1, 0.15) is 5.82 Å². The fourth-order valence-corrected chi connectivity index (χ4v) is 1.54. The van der Waals surface area contributed by atoms with Crippen molar-refractivity contribution in [2.24, 2.45) is 7.05 Å². The zero-order valence-corrected chi connectivity index (χ0v) is 11.1. The predicted octanol–water partition coefficient (Wildman–Crippen LogP) is 0.959. The van der Waals surface area contributed by atoms with Crippen molar-refractivity contribution in [2.75, 3.05) is 6.61 Å². The van der Waals surface area contributed by atoms with E-state index in [1.54, 1.807) is 0 Å². The van der Waals surface area contributed by atoms with Crippen LogP contribution in [0.1, 0.15) is 20.8 Å². The molecule has 0 aliphatic heterocycles. The van der Waals surface area contributed by atoms with E-state index in [0.29, 0.717) is 0 Å². The number of carbonyl (C=O) groups is 2. The lowest BCUT2D eigenvalue weighted by molar-refractivity contribution is 0.0466. The molecular weight excluding hydrogens is 279 g/mol. The molecule has 1 aromatic heterocycles. The lowest BCUT2D eigenvalue weighted by Gasteiger charge is -2.04. The van der Waals surface area contributed by atoms with Crippen molar-refractivity contribution in [3.63, 3.8) is 0 Å². The van der Waals surface area contributed by atoms with Crippen molar-refractivity contribution >= 4 is 11.8 Å². The largest absolute Gasteiger partial charge is 0.453 e. The van der Waals surface area contributed by atoms with Crippen LogP contribution in [0, 0.1) is 5.82 Å². The van der Waals surface area contributed by atoms with Gasteiger partial charge in [0.05, 0.1) is 0 Å². The normalized spacial score (nSPS) is 10.2. The highest BCUT2D eigenvalue weighted by molar-refractivity contribution is 5.98. The molecule has 0 unspecified atom stereocenters. The highest BCUT2D eigenvalue weighted by Gasteiger charge is 2.13. The maximum atomic E-state index is 12.7. The van der Waals surface area contributed by atoms with Gasteiger partial charge in [-0.25, -0.2) is 13.9 Å². The molecule has 0 radical (unpaired) electrons. The van der Waals surface area contributed by atoms with Crippen molar-refractivity contribution < 1.29 is 18.7 Å². The van der Waals surface area contributed by atoms with Gasteiger partial charge in [-0.05, 0) is 30.3 Å². The van der Waals surface area contributed by atoms with Gasteiger partial charge in [-0.15, -0.1) is 0 Å². The van der Waals surface area contributed by atoms with Gasteiger partial charge < -0.3 is 4.74 Å². The molecule has 0 N–H and O–H groups in total. The minimum absolute atomic E-state index is 0.0796. The smallest absolute Gasteiger partial charge is 0.359 e. The third-order valence-corrected chi connectivity index (χ3v) is 2.67. The lowest BCUT2D eigenvalue weighted by Crippen LogP contribution is -2.23. The fraction of sp³-hybridized carbons (Fsp3) is 0.143. The summed E-state index contributed by atoms with van der Waals surface area (Å²) in [6.07, 6.45) is 0. The maximum Gasteiger partial charge on any atom is 0.359 e. The fourth-order valence-electron chi connectivity index (χ4n) is 1.54. The minimum Gasteiger partial charge on any atom is -0.453 e. The second kappa shape index (κ2) is 6.08. The number of ether oxygens (including phenoxy) is 1. The van der Waals surface area contributed by atoms with Gasteiger partial charge in [0, 0.05) is 18.7 Å². The van der Waals surface area contributed by atoms with E-state index >= 15 is 0 Å². The average molecular weight is 290 g/mol. The van der Waals surface area contributed by atoms with Crippen molar-refractivity contribution in [3.05, 3.63) is 63.8 Å². The standard InChI is InChI=1S/C14H11FN2O4/c1-17-13(19)7-6-11(16-17)14(20)21-8-12(18)9-2-4-10(15)5-3-9/h2-7H,8H2,1H3. The molecule has 1 heterocycles. The van der Waals surface area contributed by atoms with Gasteiger partial charge >= 0.3 is 5.97 Å². The molecule has 2 rings (SSSR count). The first-order chi connectivity index (χ1) is 9.97. The van der Waals surface area contributed by atoms with E-state index in [0.717, 1.165) is 16.8 Å². The molecule has 108 valence electrons. The third-order valence-electron chi connectivity index (χ3n) is 2.67. The van der Waals surface area contributed by atoms with E-state index in [-0.39, 0.29) is 16.8 Å². The summed E-state index contributed by atoms with van der Waals surface area (Å²) in [5.74, 6) is -1.74. The van der Waals surface area contributed by atoms with Crippen molar-refractivity contribution in [2.45, 2.75) is 0 Å². The number of hydrogen-bond donors (Lipinski definition) is 0. The summed E-state index contributed by atoms with van der Waals surface area (Å²) in [5, 5.41) is 3.70. The summed E-state index contributed by atoms with van der Waals surface area (Å²) < 4.78 is 18.5. The Morgan fingerprint density at radius 2 is 1.86 bits per heavy atom. The van der Waals surface area contributed by atoms with Gasteiger partial charge in [-0.3, -0.25) is 9.59 Å². The van der Waals surface area contributed by atoms with Crippen LogP contribution in [0.25, 0.3) is 0 Å². The molecular formula is C14H11FN2O4. The number of halogens is 1. The van der Waals surface area contributed by atoms with Gasteiger partial charge in [-0.2, -0.15) is 5.10 Å². The molecule has 0 fully saturated rings. The van der Waals surface area contributed by atoms with Crippen LogP contribution in [0.3, 0.4) is 0 Å². The van der Waals surface area contributed by atoms with Crippen molar-refractivity contribution in [1.82, 2.24) is 9.78 Å². The summed E-state index contributed by atoms with van der Waals surface area (Å²) in [5.41, 5.74) is -0.212. The summed E-state index contributed by atoms with van der Waals surface area (Å²) in [6.45, 7) is -0.491. The second-order valence-electron chi connectivity index (χ2n) is 4.19. The number of ketones is 1.